The first-order valence-corrected chi connectivity index (χ1v) is 7.55. The Morgan fingerprint density at radius 3 is 2.64 bits per heavy atom. The third-order valence-electron chi connectivity index (χ3n) is 3.37. The van der Waals surface area contributed by atoms with Gasteiger partial charge >= 0.3 is 0 Å². The van der Waals surface area contributed by atoms with Crippen LogP contribution in [0.1, 0.15) is 6.92 Å². The van der Waals surface area contributed by atoms with Crippen molar-refractivity contribution in [1.82, 2.24) is 0 Å². The second-order valence-electron chi connectivity index (χ2n) is 5.26. The Kier molecular flexibility index (Phi) is 4.27. The molecule has 1 aromatic heterocycles. The van der Waals surface area contributed by atoms with Gasteiger partial charge in [0, 0.05) is 10.6 Å². The molecule has 0 saturated heterocycles. The fourth-order valence-corrected chi connectivity index (χ4v) is 2.48. The van der Waals surface area contributed by atoms with Gasteiger partial charge in [-0.2, -0.15) is 0 Å². The molecular formula is C18H17ClNO2+. The van der Waals surface area contributed by atoms with Crippen LogP contribution in [0, 0.1) is 0 Å². The lowest BCUT2D eigenvalue weighted by Gasteiger charge is -2.03. The summed E-state index contributed by atoms with van der Waals surface area (Å²) in [6, 6.07) is 17.4. The maximum absolute atomic E-state index is 9.51. The molecule has 0 unspecified atom stereocenters. The Balaban J connectivity index is 2.25. The van der Waals surface area contributed by atoms with E-state index in [-0.39, 0.29) is 0 Å². The zero-order valence-electron chi connectivity index (χ0n) is 12.2. The molecule has 4 heteroatoms. The number of aliphatic hydroxyl groups is 1. The molecule has 1 heterocycles. The van der Waals surface area contributed by atoms with Crippen LogP contribution in [0.25, 0.3) is 22.3 Å². The summed E-state index contributed by atoms with van der Waals surface area (Å²) in [5.41, 5.74) is 1.75. The monoisotopic (exact) mass is 314 g/mol. The lowest BCUT2D eigenvalue weighted by Crippen LogP contribution is -2.78. The third kappa shape index (κ3) is 3.21. The minimum atomic E-state index is -0.438. The first-order chi connectivity index (χ1) is 10.6. The largest absolute Gasteiger partial charge is 0.456 e. The van der Waals surface area contributed by atoms with E-state index < -0.39 is 6.10 Å². The van der Waals surface area contributed by atoms with Gasteiger partial charge in [-0.25, -0.2) is 4.99 Å². The quantitative estimate of drug-likeness (QED) is 0.778. The molecule has 2 aromatic carbocycles. The molecule has 0 aliphatic heterocycles. The minimum Gasteiger partial charge on any atom is -0.456 e. The SMILES string of the molecule is C[C@H](O)C[NH+]=c1cc(-c2ccccc2)oc2ccc(Cl)cc12. The summed E-state index contributed by atoms with van der Waals surface area (Å²) in [4.78, 5) is 3.26. The number of hydrogen-bond donors (Lipinski definition) is 2. The Labute approximate surface area is 133 Å². The van der Waals surface area contributed by atoms with Gasteiger partial charge in [-0.1, -0.05) is 41.9 Å². The van der Waals surface area contributed by atoms with E-state index in [1.54, 1.807) is 13.0 Å². The normalized spacial score (nSPS) is 13.5. The second-order valence-corrected chi connectivity index (χ2v) is 5.70. The third-order valence-corrected chi connectivity index (χ3v) is 3.61. The number of benzene rings is 2. The molecule has 0 radical (unpaired) electrons. The summed E-state index contributed by atoms with van der Waals surface area (Å²) in [5, 5.41) is 12.0. The number of fused-ring (bicyclic) bond motifs is 1. The van der Waals surface area contributed by atoms with Crippen LogP contribution < -0.4 is 10.3 Å². The zero-order valence-corrected chi connectivity index (χ0v) is 13.0. The van der Waals surface area contributed by atoms with Crippen LogP contribution in [0.3, 0.4) is 0 Å². The molecule has 0 bridgehead atoms. The van der Waals surface area contributed by atoms with Crippen molar-refractivity contribution in [2.24, 2.45) is 0 Å². The highest BCUT2D eigenvalue weighted by Crippen LogP contribution is 2.23. The number of nitrogens with one attached hydrogen (secondary N) is 1. The molecule has 22 heavy (non-hydrogen) atoms. The molecule has 3 aromatic rings. The molecule has 0 saturated carbocycles. The summed E-state index contributed by atoms with van der Waals surface area (Å²) < 4.78 is 5.99. The molecule has 0 amide bonds. The van der Waals surface area contributed by atoms with E-state index in [0.717, 1.165) is 27.7 Å². The first-order valence-electron chi connectivity index (χ1n) is 7.17. The molecule has 112 valence electrons. The van der Waals surface area contributed by atoms with E-state index in [2.05, 4.69) is 4.99 Å². The molecular weight excluding hydrogens is 298 g/mol. The fraction of sp³-hybridized carbons (Fsp3) is 0.167. The Hall–Kier alpha value is -2.10. The average molecular weight is 315 g/mol. The van der Waals surface area contributed by atoms with E-state index in [0.29, 0.717) is 11.6 Å². The van der Waals surface area contributed by atoms with E-state index in [4.69, 9.17) is 16.0 Å². The fourth-order valence-electron chi connectivity index (χ4n) is 2.31. The van der Waals surface area contributed by atoms with Crippen molar-refractivity contribution >= 4 is 22.6 Å². The van der Waals surface area contributed by atoms with Crippen molar-refractivity contribution < 1.29 is 14.5 Å². The van der Waals surface area contributed by atoms with Gasteiger partial charge in [0.25, 0.3) is 0 Å². The van der Waals surface area contributed by atoms with Crippen molar-refractivity contribution in [2.75, 3.05) is 6.54 Å². The molecule has 0 spiro atoms. The van der Waals surface area contributed by atoms with Crippen molar-refractivity contribution in [2.45, 2.75) is 13.0 Å². The smallest absolute Gasteiger partial charge is 0.213 e. The minimum absolute atomic E-state index is 0.438. The van der Waals surface area contributed by atoms with Crippen LogP contribution in [0.15, 0.2) is 59.0 Å². The first kappa shape index (κ1) is 14.8. The lowest BCUT2D eigenvalue weighted by molar-refractivity contribution is -0.508. The van der Waals surface area contributed by atoms with Gasteiger partial charge in [-0.3, -0.25) is 0 Å². The molecule has 2 N–H and O–H groups in total. The van der Waals surface area contributed by atoms with Gasteiger partial charge in [0.2, 0.25) is 5.36 Å². The van der Waals surface area contributed by atoms with Crippen LogP contribution in [-0.4, -0.2) is 17.8 Å². The number of hydrogen-bond acceptors (Lipinski definition) is 2. The standard InChI is InChI=1S/C18H16ClNO2/c1-12(21)11-20-16-10-18(13-5-3-2-4-6-13)22-17-8-7-14(19)9-15(16)17/h2-10,12,21H,11H2,1H3/p+1/t12-/m0/s1. The van der Waals surface area contributed by atoms with Gasteiger partial charge in [-0.05, 0) is 25.1 Å². The maximum atomic E-state index is 9.51. The van der Waals surface area contributed by atoms with E-state index >= 15 is 0 Å². The predicted molar refractivity (Wildman–Crippen MR) is 87.3 cm³/mol. The van der Waals surface area contributed by atoms with Gasteiger partial charge in [0.1, 0.15) is 17.4 Å². The summed E-state index contributed by atoms with van der Waals surface area (Å²) >= 11 is 6.09. The number of rotatable bonds is 3. The maximum Gasteiger partial charge on any atom is 0.213 e. The molecule has 3 nitrogen and oxygen atoms in total. The summed E-state index contributed by atoms with van der Waals surface area (Å²) in [6.07, 6.45) is -0.438. The highest BCUT2D eigenvalue weighted by molar-refractivity contribution is 6.31. The van der Waals surface area contributed by atoms with Crippen LogP contribution in [0.4, 0.5) is 0 Å². The molecule has 3 rings (SSSR count). The van der Waals surface area contributed by atoms with Gasteiger partial charge in [0.05, 0.1) is 11.5 Å². The Bertz CT molecular complexity index is 854. The van der Waals surface area contributed by atoms with E-state index in [9.17, 15) is 5.11 Å². The molecule has 0 aliphatic rings. The zero-order chi connectivity index (χ0) is 15.5. The van der Waals surface area contributed by atoms with Crippen molar-refractivity contribution in [3.8, 4) is 11.3 Å². The summed E-state index contributed by atoms with van der Waals surface area (Å²) in [7, 11) is 0. The summed E-state index contributed by atoms with van der Waals surface area (Å²) in [6.45, 7) is 2.20. The number of aliphatic hydroxyl groups excluding tert-OH is 1. The lowest BCUT2D eigenvalue weighted by atomic mass is 10.1. The topological polar surface area (TPSA) is 47.3 Å². The molecule has 1 atom stereocenters. The summed E-state index contributed by atoms with van der Waals surface area (Å²) in [5.74, 6) is 0.767. The van der Waals surface area contributed by atoms with Gasteiger partial charge in [0.15, 0.2) is 6.54 Å². The van der Waals surface area contributed by atoms with E-state index in [1.807, 2.05) is 48.5 Å². The van der Waals surface area contributed by atoms with Crippen LogP contribution >= 0.6 is 11.6 Å². The van der Waals surface area contributed by atoms with Crippen molar-refractivity contribution in [3.63, 3.8) is 0 Å². The Morgan fingerprint density at radius 2 is 1.91 bits per heavy atom. The van der Waals surface area contributed by atoms with Gasteiger partial charge < -0.3 is 9.52 Å². The molecule has 0 fully saturated rings. The van der Waals surface area contributed by atoms with Gasteiger partial charge in [-0.15, -0.1) is 0 Å². The van der Waals surface area contributed by atoms with E-state index in [1.165, 1.54) is 0 Å². The van der Waals surface area contributed by atoms with Crippen LogP contribution in [0.5, 0.6) is 0 Å². The van der Waals surface area contributed by atoms with Crippen LogP contribution in [-0.2, 0) is 0 Å². The highest BCUT2D eigenvalue weighted by Gasteiger charge is 2.10. The van der Waals surface area contributed by atoms with Crippen molar-refractivity contribution in [3.05, 3.63) is 65.0 Å². The number of halogens is 1. The predicted octanol–water partition coefficient (Wildman–Crippen LogP) is 2.12. The van der Waals surface area contributed by atoms with Crippen LogP contribution in [0.2, 0.25) is 5.02 Å². The highest BCUT2D eigenvalue weighted by atomic mass is 35.5. The Morgan fingerprint density at radius 1 is 1.14 bits per heavy atom. The second kappa shape index (κ2) is 6.34. The average Bonchev–Trinajstić information content (AvgIpc) is 2.53. The molecule has 0 aliphatic carbocycles. The van der Waals surface area contributed by atoms with Crippen molar-refractivity contribution in [1.29, 1.82) is 0 Å².